The standard InChI is InChI=1S/C14H19ClN2O2/c1-10(2)17-14(19)9-13(18)16-8-7-11-3-5-12(15)6-4-11/h3-6,10H,7-9H2,1-2H3,(H,16,18)(H,17,19). The summed E-state index contributed by atoms with van der Waals surface area (Å²) in [6.45, 7) is 4.22. The molecule has 1 aromatic rings. The fourth-order valence-electron chi connectivity index (χ4n) is 1.58. The molecule has 0 aliphatic rings. The van der Waals surface area contributed by atoms with E-state index in [1.54, 1.807) is 0 Å². The van der Waals surface area contributed by atoms with E-state index < -0.39 is 0 Å². The van der Waals surface area contributed by atoms with Gasteiger partial charge in [-0.2, -0.15) is 0 Å². The molecule has 2 amide bonds. The van der Waals surface area contributed by atoms with Gasteiger partial charge in [0, 0.05) is 17.6 Å². The molecule has 0 atom stereocenters. The van der Waals surface area contributed by atoms with Crippen LogP contribution in [0.3, 0.4) is 0 Å². The van der Waals surface area contributed by atoms with Gasteiger partial charge in [-0.15, -0.1) is 0 Å². The van der Waals surface area contributed by atoms with Crippen LogP contribution in [0.2, 0.25) is 5.02 Å². The van der Waals surface area contributed by atoms with Gasteiger partial charge < -0.3 is 10.6 Å². The third kappa shape index (κ3) is 6.82. The molecule has 0 fully saturated rings. The lowest BCUT2D eigenvalue weighted by Gasteiger charge is -2.08. The average molecular weight is 283 g/mol. The van der Waals surface area contributed by atoms with E-state index in [9.17, 15) is 9.59 Å². The molecule has 0 aromatic heterocycles. The molecular formula is C14H19ClN2O2. The molecule has 104 valence electrons. The second-order valence-corrected chi connectivity index (χ2v) is 5.06. The zero-order valence-electron chi connectivity index (χ0n) is 11.2. The monoisotopic (exact) mass is 282 g/mol. The van der Waals surface area contributed by atoms with Gasteiger partial charge in [-0.3, -0.25) is 9.59 Å². The molecular weight excluding hydrogens is 264 g/mol. The maximum Gasteiger partial charge on any atom is 0.229 e. The Morgan fingerprint density at radius 3 is 2.37 bits per heavy atom. The van der Waals surface area contributed by atoms with Crippen LogP contribution in [0.25, 0.3) is 0 Å². The van der Waals surface area contributed by atoms with Gasteiger partial charge in [0.1, 0.15) is 6.42 Å². The molecule has 0 saturated carbocycles. The maximum atomic E-state index is 11.5. The molecule has 0 radical (unpaired) electrons. The minimum atomic E-state index is -0.257. The Labute approximate surface area is 118 Å². The highest BCUT2D eigenvalue weighted by Gasteiger charge is 2.09. The fourth-order valence-corrected chi connectivity index (χ4v) is 1.70. The number of nitrogens with one attached hydrogen (secondary N) is 2. The smallest absolute Gasteiger partial charge is 0.229 e. The molecule has 5 heteroatoms. The number of hydrogen-bond acceptors (Lipinski definition) is 2. The second kappa shape index (κ2) is 7.79. The second-order valence-electron chi connectivity index (χ2n) is 4.63. The highest BCUT2D eigenvalue weighted by Crippen LogP contribution is 2.09. The summed E-state index contributed by atoms with van der Waals surface area (Å²) in [5, 5.41) is 6.08. The van der Waals surface area contributed by atoms with Crippen molar-refractivity contribution in [3.05, 3.63) is 34.9 Å². The van der Waals surface area contributed by atoms with Crippen molar-refractivity contribution in [1.82, 2.24) is 10.6 Å². The number of halogens is 1. The first-order valence-corrected chi connectivity index (χ1v) is 6.65. The molecule has 0 unspecified atom stereocenters. The fraction of sp³-hybridized carbons (Fsp3) is 0.429. The van der Waals surface area contributed by atoms with Gasteiger partial charge in [0.2, 0.25) is 11.8 Å². The van der Waals surface area contributed by atoms with Crippen molar-refractivity contribution in [1.29, 1.82) is 0 Å². The summed E-state index contributed by atoms with van der Waals surface area (Å²) in [7, 11) is 0. The van der Waals surface area contributed by atoms with Gasteiger partial charge >= 0.3 is 0 Å². The first-order valence-electron chi connectivity index (χ1n) is 6.28. The first kappa shape index (κ1) is 15.5. The minimum absolute atomic E-state index is 0.0503. The Morgan fingerprint density at radius 2 is 1.79 bits per heavy atom. The van der Waals surface area contributed by atoms with Crippen molar-refractivity contribution in [3.8, 4) is 0 Å². The van der Waals surface area contributed by atoms with Crippen LogP contribution in [0.4, 0.5) is 0 Å². The van der Waals surface area contributed by atoms with Gasteiger partial charge in [0.05, 0.1) is 0 Å². The van der Waals surface area contributed by atoms with Crippen LogP contribution in [0.15, 0.2) is 24.3 Å². The van der Waals surface area contributed by atoms with Crippen molar-refractivity contribution in [2.24, 2.45) is 0 Å². The van der Waals surface area contributed by atoms with Crippen LogP contribution in [0.1, 0.15) is 25.8 Å². The van der Waals surface area contributed by atoms with Crippen LogP contribution >= 0.6 is 11.6 Å². The number of carbonyl (C=O) groups excluding carboxylic acids is 2. The lowest BCUT2D eigenvalue weighted by Crippen LogP contribution is -2.35. The molecule has 0 aliphatic heterocycles. The molecule has 0 heterocycles. The zero-order chi connectivity index (χ0) is 14.3. The molecule has 4 nitrogen and oxygen atoms in total. The number of hydrogen-bond donors (Lipinski definition) is 2. The van der Waals surface area contributed by atoms with Crippen molar-refractivity contribution in [2.45, 2.75) is 32.7 Å². The van der Waals surface area contributed by atoms with Crippen LogP contribution in [0, 0.1) is 0 Å². The Hall–Kier alpha value is -1.55. The Morgan fingerprint density at radius 1 is 1.16 bits per heavy atom. The van der Waals surface area contributed by atoms with Crippen LogP contribution in [-0.4, -0.2) is 24.4 Å². The highest BCUT2D eigenvalue weighted by molar-refractivity contribution is 6.30. The van der Waals surface area contributed by atoms with Gasteiger partial charge in [-0.25, -0.2) is 0 Å². The number of rotatable bonds is 6. The summed E-state index contributed by atoms with van der Waals surface area (Å²) < 4.78 is 0. The average Bonchev–Trinajstić information content (AvgIpc) is 2.30. The minimum Gasteiger partial charge on any atom is -0.355 e. The van der Waals surface area contributed by atoms with Crippen molar-refractivity contribution in [3.63, 3.8) is 0 Å². The van der Waals surface area contributed by atoms with Crippen LogP contribution < -0.4 is 10.6 Å². The van der Waals surface area contributed by atoms with E-state index in [0.29, 0.717) is 18.0 Å². The summed E-state index contributed by atoms with van der Waals surface area (Å²) in [5.41, 5.74) is 1.09. The van der Waals surface area contributed by atoms with E-state index in [-0.39, 0.29) is 24.3 Å². The van der Waals surface area contributed by atoms with Crippen molar-refractivity contribution < 1.29 is 9.59 Å². The third-order valence-corrected chi connectivity index (χ3v) is 2.67. The lowest BCUT2D eigenvalue weighted by atomic mass is 10.1. The molecule has 0 spiro atoms. The predicted molar refractivity (Wildman–Crippen MR) is 76.1 cm³/mol. The van der Waals surface area contributed by atoms with E-state index in [2.05, 4.69) is 10.6 Å². The van der Waals surface area contributed by atoms with E-state index in [1.807, 2.05) is 38.1 Å². The van der Waals surface area contributed by atoms with Gasteiger partial charge in [0.25, 0.3) is 0 Å². The van der Waals surface area contributed by atoms with Crippen molar-refractivity contribution in [2.75, 3.05) is 6.54 Å². The van der Waals surface area contributed by atoms with E-state index >= 15 is 0 Å². The van der Waals surface area contributed by atoms with Crippen LogP contribution in [0.5, 0.6) is 0 Å². The van der Waals surface area contributed by atoms with E-state index in [1.165, 1.54) is 0 Å². The van der Waals surface area contributed by atoms with Crippen molar-refractivity contribution >= 4 is 23.4 Å². The Balaban J connectivity index is 2.23. The predicted octanol–water partition coefficient (Wildman–Crippen LogP) is 1.91. The van der Waals surface area contributed by atoms with E-state index in [0.717, 1.165) is 5.56 Å². The summed E-state index contributed by atoms with van der Waals surface area (Å²) in [4.78, 5) is 22.8. The van der Waals surface area contributed by atoms with Crippen LogP contribution in [-0.2, 0) is 16.0 Å². The van der Waals surface area contributed by atoms with Gasteiger partial charge in [0.15, 0.2) is 0 Å². The molecule has 0 saturated heterocycles. The number of amides is 2. The molecule has 1 rings (SSSR count). The first-order chi connectivity index (χ1) is 8.97. The molecule has 0 aliphatic carbocycles. The third-order valence-electron chi connectivity index (χ3n) is 2.42. The van der Waals surface area contributed by atoms with Gasteiger partial charge in [-0.1, -0.05) is 23.7 Å². The topological polar surface area (TPSA) is 58.2 Å². The summed E-state index contributed by atoms with van der Waals surface area (Å²) in [5.74, 6) is -0.508. The molecule has 2 N–H and O–H groups in total. The van der Waals surface area contributed by atoms with E-state index in [4.69, 9.17) is 11.6 Å². The largest absolute Gasteiger partial charge is 0.355 e. The highest BCUT2D eigenvalue weighted by atomic mass is 35.5. The normalized spacial score (nSPS) is 10.3. The molecule has 19 heavy (non-hydrogen) atoms. The quantitative estimate of drug-likeness (QED) is 0.783. The summed E-state index contributed by atoms with van der Waals surface area (Å²) in [6, 6.07) is 7.51. The summed E-state index contributed by atoms with van der Waals surface area (Å²) in [6.07, 6.45) is 0.591. The molecule has 1 aromatic carbocycles. The molecule has 0 bridgehead atoms. The Bertz CT molecular complexity index is 430. The SMILES string of the molecule is CC(C)NC(=O)CC(=O)NCCc1ccc(Cl)cc1. The van der Waals surface area contributed by atoms with Gasteiger partial charge in [-0.05, 0) is 38.0 Å². The number of benzene rings is 1. The maximum absolute atomic E-state index is 11.5. The zero-order valence-corrected chi connectivity index (χ0v) is 12.0. The lowest BCUT2D eigenvalue weighted by molar-refractivity contribution is -0.129. The number of carbonyl (C=O) groups is 2. The summed E-state index contributed by atoms with van der Waals surface area (Å²) >= 11 is 5.78. The Kier molecular flexibility index (Phi) is 6.36.